The molecule has 0 aromatic carbocycles. The molecule has 3 N–H and O–H groups in total. The number of hydrogen-bond donors (Lipinski definition) is 3. The molecule has 1 aromatic heterocycles. The molecule has 1 aromatic rings. The lowest BCUT2D eigenvalue weighted by molar-refractivity contribution is 0.0698. The molecule has 0 fully saturated rings. The monoisotopic (exact) mass is 363 g/mol. The second-order valence-corrected chi connectivity index (χ2v) is 6.51. The van der Waals surface area contributed by atoms with E-state index in [1.807, 2.05) is 13.0 Å². The van der Waals surface area contributed by atoms with Gasteiger partial charge < -0.3 is 25.2 Å². The summed E-state index contributed by atoms with van der Waals surface area (Å²) in [7, 11) is 1.66. The van der Waals surface area contributed by atoms with Gasteiger partial charge in [-0.1, -0.05) is 11.6 Å². The van der Waals surface area contributed by atoms with Gasteiger partial charge >= 0.3 is 0 Å². The van der Waals surface area contributed by atoms with Crippen molar-refractivity contribution in [3.05, 3.63) is 21.3 Å². The van der Waals surface area contributed by atoms with Crippen LogP contribution in [0.15, 0.2) is 17.1 Å². The number of aliphatic hydroxyl groups excluding tert-OH is 1. The Morgan fingerprint density at radius 1 is 1.35 bits per heavy atom. The summed E-state index contributed by atoms with van der Waals surface area (Å²) in [4.78, 5) is 5.21. The van der Waals surface area contributed by atoms with Gasteiger partial charge in [0.25, 0.3) is 0 Å². The number of rotatable bonds is 11. The minimum Gasteiger partial charge on any atom is -0.386 e. The van der Waals surface area contributed by atoms with Crippen LogP contribution in [0.1, 0.15) is 24.3 Å². The van der Waals surface area contributed by atoms with Crippen molar-refractivity contribution in [1.82, 2.24) is 10.6 Å². The van der Waals surface area contributed by atoms with Crippen molar-refractivity contribution < 1.29 is 14.6 Å². The van der Waals surface area contributed by atoms with Crippen LogP contribution in [-0.4, -0.2) is 57.6 Å². The molecule has 0 amide bonds. The predicted molar refractivity (Wildman–Crippen MR) is 95.6 cm³/mol. The van der Waals surface area contributed by atoms with E-state index in [0.29, 0.717) is 30.1 Å². The minimum atomic E-state index is -0.639. The highest BCUT2D eigenvalue weighted by atomic mass is 35.5. The van der Waals surface area contributed by atoms with E-state index in [9.17, 15) is 5.11 Å². The molecule has 23 heavy (non-hydrogen) atoms. The molecule has 1 rings (SSSR count). The van der Waals surface area contributed by atoms with Crippen LogP contribution in [-0.2, 0) is 9.47 Å². The highest BCUT2D eigenvalue weighted by Gasteiger charge is 2.10. The molecule has 0 saturated heterocycles. The van der Waals surface area contributed by atoms with Crippen LogP contribution < -0.4 is 10.6 Å². The Morgan fingerprint density at radius 2 is 2.17 bits per heavy atom. The van der Waals surface area contributed by atoms with E-state index in [1.165, 1.54) is 11.3 Å². The van der Waals surface area contributed by atoms with Crippen LogP contribution in [0.3, 0.4) is 0 Å². The van der Waals surface area contributed by atoms with Gasteiger partial charge in [0.1, 0.15) is 6.10 Å². The third-order valence-corrected chi connectivity index (χ3v) is 4.21. The van der Waals surface area contributed by atoms with Crippen LogP contribution in [0.25, 0.3) is 0 Å². The lowest BCUT2D eigenvalue weighted by Gasteiger charge is -2.12. The number of aliphatic imine (C=N–C) groups is 1. The fourth-order valence-electron chi connectivity index (χ4n) is 1.74. The fraction of sp³-hybridized carbons (Fsp3) is 0.667. The molecule has 0 saturated carbocycles. The van der Waals surface area contributed by atoms with Gasteiger partial charge in [0, 0.05) is 31.7 Å². The quantitative estimate of drug-likeness (QED) is 0.319. The molecular weight excluding hydrogens is 338 g/mol. The summed E-state index contributed by atoms with van der Waals surface area (Å²) >= 11 is 7.24. The number of nitrogens with one attached hydrogen (secondary N) is 2. The molecule has 1 atom stereocenters. The Hall–Kier alpha value is -0.860. The van der Waals surface area contributed by atoms with Gasteiger partial charge in [-0.15, -0.1) is 11.3 Å². The average molecular weight is 364 g/mol. The first-order valence-electron chi connectivity index (χ1n) is 7.69. The van der Waals surface area contributed by atoms with Crippen LogP contribution in [0.2, 0.25) is 4.34 Å². The Bertz CT molecular complexity index is 457. The number of halogens is 1. The summed E-state index contributed by atoms with van der Waals surface area (Å²) < 4.78 is 11.0. The molecule has 1 heterocycles. The lowest BCUT2D eigenvalue weighted by Crippen LogP contribution is -2.38. The third-order valence-electron chi connectivity index (χ3n) is 2.88. The highest BCUT2D eigenvalue weighted by molar-refractivity contribution is 7.16. The van der Waals surface area contributed by atoms with Crippen LogP contribution in [0.4, 0.5) is 0 Å². The van der Waals surface area contributed by atoms with Gasteiger partial charge in [0.15, 0.2) is 5.96 Å². The Balaban J connectivity index is 2.29. The minimum absolute atomic E-state index is 0.288. The molecule has 6 nitrogen and oxygen atoms in total. The number of guanidine groups is 1. The molecule has 132 valence electrons. The van der Waals surface area contributed by atoms with Crippen molar-refractivity contribution in [1.29, 1.82) is 0 Å². The zero-order valence-corrected chi connectivity index (χ0v) is 15.3. The maximum Gasteiger partial charge on any atom is 0.191 e. The summed E-state index contributed by atoms with van der Waals surface area (Å²) in [6, 6.07) is 3.60. The van der Waals surface area contributed by atoms with Crippen LogP contribution >= 0.6 is 22.9 Å². The Morgan fingerprint density at radius 3 is 2.83 bits per heavy atom. The third kappa shape index (κ3) is 9.12. The average Bonchev–Trinajstić information content (AvgIpc) is 2.98. The van der Waals surface area contributed by atoms with E-state index in [2.05, 4.69) is 15.6 Å². The Kier molecular flexibility index (Phi) is 11.0. The largest absolute Gasteiger partial charge is 0.386 e. The number of aliphatic hydroxyl groups is 1. The van der Waals surface area contributed by atoms with Crippen molar-refractivity contribution in [2.75, 3.05) is 46.6 Å². The zero-order valence-electron chi connectivity index (χ0n) is 13.7. The van der Waals surface area contributed by atoms with Crippen molar-refractivity contribution in [2.24, 2.45) is 4.99 Å². The van der Waals surface area contributed by atoms with Crippen LogP contribution in [0.5, 0.6) is 0 Å². The number of methoxy groups -OCH3 is 1. The number of hydrogen-bond acceptors (Lipinski definition) is 5. The summed E-state index contributed by atoms with van der Waals surface area (Å²) in [5.41, 5.74) is 0. The van der Waals surface area contributed by atoms with Gasteiger partial charge in [-0.05, 0) is 25.5 Å². The number of nitrogens with zero attached hydrogens (tertiary/aromatic N) is 1. The van der Waals surface area contributed by atoms with Gasteiger partial charge in [0.2, 0.25) is 0 Å². The van der Waals surface area contributed by atoms with Gasteiger partial charge in [-0.25, -0.2) is 0 Å². The van der Waals surface area contributed by atoms with Gasteiger partial charge in [-0.3, -0.25) is 4.99 Å². The molecule has 1 unspecified atom stereocenters. The molecule has 0 aliphatic carbocycles. The first-order chi connectivity index (χ1) is 11.2. The van der Waals surface area contributed by atoms with Crippen molar-refractivity contribution in [2.45, 2.75) is 19.4 Å². The second-order valence-electron chi connectivity index (χ2n) is 4.76. The normalized spacial score (nSPS) is 13.1. The standard InChI is InChI=1S/C15H26ClN3O3S/c1-3-17-15(18-7-4-8-22-10-9-21-2)19-11-12(20)13-5-6-14(16)23-13/h5-6,12,20H,3-4,7-11H2,1-2H3,(H2,17,18,19). The van der Waals surface area contributed by atoms with E-state index >= 15 is 0 Å². The second kappa shape index (κ2) is 12.5. The van der Waals surface area contributed by atoms with E-state index in [-0.39, 0.29) is 6.54 Å². The van der Waals surface area contributed by atoms with E-state index < -0.39 is 6.10 Å². The molecule has 0 radical (unpaired) electrons. The van der Waals surface area contributed by atoms with Gasteiger partial charge in [0.05, 0.1) is 24.1 Å². The first kappa shape index (κ1) is 20.2. The van der Waals surface area contributed by atoms with Crippen LogP contribution in [0, 0.1) is 0 Å². The zero-order chi connectivity index (χ0) is 16.9. The molecule has 0 spiro atoms. The first-order valence-corrected chi connectivity index (χ1v) is 8.89. The van der Waals surface area contributed by atoms with Crippen molar-refractivity contribution >= 4 is 28.9 Å². The smallest absolute Gasteiger partial charge is 0.191 e. The molecule has 0 bridgehead atoms. The maximum absolute atomic E-state index is 10.1. The van der Waals surface area contributed by atoms with Crippen molar-refractivity contribution in [3.63, 3.8) is 0 Å². The summed E-state index contributed by atoms with van der Waals surface area (Å²) in [5, 5.41) is 16.5. The Labute approximate surface area is 146 Å². The molecule has 8 heteroatoms. The molecule has 0 aliphatic rings. The number of thiophene rings is 1. The number of ether oxygens (including phenoxy) is 2. The van der Waals surface area contributed by atoms with E-state index in [4.69, 9.17) is 21.1 Å². The topological polar surface area (TPSA) is 75.1 Å². The van der Waals surface area contributed by atoms with E-state index in [0.717, 1.165) is 24.4 Å². The summed E-state index contributed by atoms with van der Waals surface area (Å²) in [5.74, 6) is 0.686. The maximum atomic E-state index is 10.1. The SMILES string of the molecule is CCNC(=NCC(O)c1ccc(Cl)s1)NCCCOCCOC. The predicted octanol–water partition coefficient (Wildman–Crippen LogP) is 2.04. The molecular formula is C15H26ClN3O3S. The highest BCUT2D eigenvalue weighted by Crippen LogP contribution is 2.26. The van der Waals surface area contributed by atoms with Gasteiger partial charge in [-0.2, -0.15) is 0 Å². The summed E-state index contributed by atoms with van der Waals surface area (Å²) in [6.45, 7) is 5.70. The fourth-order valence-corrected chi connectivity index (χ4v) is 2.78. The molecule has 0 aliphatic heterocycles. The lowest BCUT2D eigenvalue weighted by atomic mass is 10.3. The van der Waals surface area contributed by atoms with Crippen molar-refractivity contribution in [3.8, 4) is 0 Å². The van der Waals surface area contributed by atoms with E-state index in [1.54, 1.807) is 13.2 Å². The summed E-state index contributed by atoms with van der Waals surface area (Å²) in [6.07, 6.45) is 0.234.